The smallest absolute Gasteiger partial charge is 0.339 e. The molecule has 1 aromatic carbocycles. The van der Waals surface area contributed by atoms with Crippen molar-refractivity contribution in [2.24, 2.45) is 0 Å². The lowest BCUT2D eigenvalue weighted by Crippen LogP contribution is -2.13. The minimum atomic E-state index is -0.522. The molecule has 0 aliphatic rings. The molecule has 0 unspecified atom stereocenters. The van der Waals surface area contributed by atoms with Gasteiger partial charge in [0.25, 0.3) is 0 Å². The van der Waals surface area contributed by atoms with Gasteiger partial charge in [0, 0.05) is 5.56 Å². The van der Waals surface area contributed by atoms with E-state index in [2.05, 4.69) is 0 Å². The van der Waals surface area contributed by atoms with Gasteiger partial charge in [0.1, 0.15) is 11.3 Å². The lowest BCUT2D eigenvalue weighted by atomic mass is 9.85. The van der Waals surface area contributed by atoms with Crippen LogP contribution in [-0.4, -0.2) is 5.11 Å². The predicted molar refractivity (Wildman–Crippen MR) is 67.6 cm³/mol. The summed E-state index contributed by atoms with van der Waals surface area (Å²) in [5.41, 5.74) is 1.64. The monoisotopic (exact) mass is 232 g/mol. The van der Waals surface area contributed by atoms with Gasteiger partial charge in [0.15, 0.2) is 0 Å². The van der Waals surface area contributed by atoms with Crippen LogP contribution in [0.3, 0.4) is 0 Å². The Bertz CT molecular complexity index is 630. The lowest BCUT2D eigenvalue weighted by molar-refractivity contribution is 0.464. The first kappa shape index (κ1) is 11.7. The molecule has 0 fully saturated rings. The van der Waals surface area contributed by atoms with E-state index < -0.39 is 5.63 Å². The highest BCUT2D eigenvalue weighted by molar-refractivity contribution is 5.89. The van der Waals surface area contributed by atoms with Gasteiger partial charge in [-0.25, -0.2) is 4.79 Å². The molecule has 2 rings (SSSR count). The van der Waals surface area contributed by atoms with Crippen LogP contribution in [0, 0.1) is 6.92 Å². The summed E-state index contributed by atoms with van der Waals surface area (Å²) >= 11 is 0. The summed E-state index contributed by atoms with van der Waals surface area (Å²) in [6.45, 7) is 8.01. The number of hydrogen-bond acceptors (Lipinski definition) is 3. The zero-order valence-corrected chi connectivity index (χ0v) is 10.5. The molecule has 0 atom stereocenters. The largest absolute Gasteiger partial charge is 0.507 e. The second kappa shape index (κ2) is 3.62. The van der Waals surface area contributed by atoms with E-state index >= 15 is 0 Å². The van der Waals surface area contributed by atoms with Gasteiger partial charge in [-0.05, 0) is 17.9 Å². The molecule has 3 nitrogen and oxygen atoms in total. The van der Waals surface area contributed by atoms with E-state index in [4.69, 9.17) is 4.42 Å². The van der Waals surface area contributed by atoms with Crippen LogP contribution >= 0.6 is 0 Å². The average molecular weight is 232 g/mol. The summed E-state index contributed by atoms with van der Waals surface area (Å²) in [6, 6.07) is 4.99. The van der Waals surface area contributed by atoms with Crippen molar-refractivity contribution in [1.29, 1.82) is 0 Å². The summed E-state index contributed by atoms with van der Waals surface area (Å²) in [6.07, 6.45) is 0. The summed E-state index contributed by atoms with van der Waals surface area (Å²) in [4.78, 5) is 11.4. The highest BCUT2D eigenvalue weighted by atomic mass is 16.4. The maximum Gasteiger partial charge on any atom is 0.339 e. The Kier molecular flexibility index (Phi) is 2.49. The molecule has 0 radical (unpaired) electrons. The third-order valence-electron chi connectivity index (χ3n) is 2.89. The molecule has 0 spiro atoms. The molecule has 0 saturated heterocycles. The second-order valence-electron chi connectivity index (χ2n) is 5.33. The van der Waals surface area contributed by atoms with E-state index in [1.54, 1.807) is 0 Å². The van der Waals surface area contributed by atoms with Crippen LogP contribution in [-0.2, 0) is 5.41 Å². The molecule has 0 saturated carbocycles. The van der Waals surface area contributed by atoms with Crippen molar-refractivity contribution in [2.45, 2.75) is 33.1 Å². The van der Waals surface area contributed by atoms with Crippen LogP contribution in [0.4, 0.5) is 0 Å². The predicted octanol–water partition coefficient (Wildman–Crippen LogP) is 3.10. The molecular formula is C14H16O3. The fourth-order valence-electron chi connectivity index (χ4n) is 2.01. The van der Waals surface area contributed by atoms with Gasteiger partial charge in [0.05, 0.1) is 11.5 Å². The topological polar surface area (TPSA) is 50.4 Å². The molecule has 3 heteroatoms. The summed E-state index contributed by atoms with van der Waals surface area (Å²) in [7, 11) is 0. The van der Waals surface area contributed by atoms with E-state index in [0.29, 0.717) is 11.0 Å². The van der Waals surface area contributed by atoms with Crippen LogP contribution in [0.15, 0.2) is 27.4 Å². The molecule has 1 N–H and O–H groups in total. The Balaban J connectivity index is 3.00. The number of aromatic hydroxyl groups is 1. The summed E-state index contributed by atoms with van der Waals surface area (Å²) < 4.78 is 5.27. The van der Waals surface area contributed by atoms with Crippen molar-refractivity contribution in [2.75, 3.05) is 0 Å². The van der Waals surface area contributed by atoms with Gasteiger partial charge < -0.3 is 9.52 Å². The van der Waals surface area contributed by atoms with Crippen LogP contribution in [0.25, 0.3) is 11.0 Å². The van der Waals surface area contributed by atoms with Crippen molar-refractivity contribution in [3.63, 3.8) is 0 Å². The van der Waals surface area contributed by atoms with Gasteiger partial charge in [0.2, 0.25) is 0 Å². The first-order valence-corrected chi connectivity index (χ1v) is 5.57. The third-order valence-corrected chi connectivity index (χ3v) is 2.89. The second-order valence-corrected chi connectivity index (χ2v) is 5.33. The van der Waals surface area contributed by atoms with Gasteiger partial charge in [-0.1, -0.05) is 32.9 Å². The van der Waals surface area contributed by atoms with E-state index in [-0.39, 0.29) is 11.2 Å². The first-order chi connectivity index (χ1) is 7.80. The van der Waals surface area contributed by atoms with Crippen LogP contribution in [0.2, 0.25) is 0 Å². The Labute approximate surface area is 99.7 Å². The quantitative estimate of drug-likeness (QED) is 0.710. The van der Waals surface area contributed by atoms with Crippen molar-refractivity contribution in [3.8, 4) is 5.75 Å². The van der Waals surface area contributed by atoms with Gasteiger partial charge in [-0.2, -0.15) is 0 Å². The average Bonchev–Trinajstić information content (AvgIpc) is 2.14. The SMILES string of the molecule is Cc1ccc(C(C)(C)C)c2oc(=O)cc(O)c12. The molecule has 17 heavy (non-hydrogen) atoms. The van der Waals surface area contributed by atoms with Crippen molar-refractivity contribution in [1.82, 2.24) is 0 Å². The van der Waals surface area contributed by atoms with Crippen LogP contribution < -0.4 is 5.63 Å². The van der Waals surface area contributed by atoms with E-state index in [0.717, 1.165) is 17.2 Å². The number of hydrogen-bond donors (Lipinski definition) is 1. The first-order valence-electron chi connectivity index (χ1n) is 5.57. The molecule has 0 bridgehead atoms. The zero-order valence-electron chi connectivity index (χ0n) is 10.5. The minimum absolute atomic E-state index is 0.0140. The van der Waals surface area contributed by atoms with Crippen molar-refractivity contribution >= 4 is 11.0 Å². The molecule has 90 valence electrons. The maximum atomic E-state index is 11.4. The van der Waals surface area contributed by atoms with Crippen LogP contribution in [0.1, 0.15) is 31.9 Å². The van der Waals surface area contributed by atoms with E-state index in [1.807, 2.05) is 39.8 Å². The van der Waals surface area contributed by atoms with E-state index in [9.17, 15) is 9.90 Å². The highest BCUT2D eigenvalue weighted by Crippen LogP contribution is 2.34. The number of fused-ring (bicyclic) bond motifs is 1. The van der Waals surface area contributed by atoms with Gasteiger partial charge in [-0.15, -0.1) is 0 Å². The standard InChI is InChI=1S/C14H16O3/c1-8-5-6-9(14(2,3)4)13-12(8)10(15)7-11(16)17-13/h5-7,15H,1-4H3. The Morgan fingerprint density at radius 2 is 1.88 bits per heavy atom. The fourth-order valence-corrected chi connectivity index (χ4v) is 2.01. The molecule has 1 aromatic heterocycles. The molecular weight excluding hydrogens is 216 g/mol. The van der Waals surface area contributed by atoms with Gasteiger partial charge >= 0.3 is 5.63 Å². The lowest BCUT2D eigenvalue weighted by Gasteiger charge is -2.20. The highest BCUT2D eigenvalue weighted by Gasteiger charge is 2.21. The van der Waals surface area contributed by atoms with Gasteiger partial charge in [-0.3, -0.25) is 0 Å². The normalized spacial score (nSPS) is 12.0. The summed E-state index contributed by atoms with van der Waals surface area (Å²) in [5.74, 6) is -0.0140. The van der Waals surface area contributed by atoms with Crippen molar-refractivity contribution in [3.05, 3.63) is 39.7 Å². The molecule has 1 heterocycles. The van der Waals surface area contributed by atoms with E-state index in [1.165, 1.54) is 0 Å². The fraction of sp³-hybridized carbons (Fsp3) is 0.357. The molecule has 2 aromatic rings. The zero-order chi connectivity index (χ0) is 12.8. The number of benzene rings is 1. The number of aryl methyl sites for hydroxylation is 1. The Morgan fingerprint density at radius 3 is 2.47 bits per heavy atom. The van der Waals surface area contributed by atoms with Crippen LogP contribution in [0.5, 0.6) is 5.75 Å². The molecule has 0 aliphatic heterocycles. The third kappa shape index (κ3) is 1.93. The Morgan fingerprint density at radius 1 is 1.24 bits per heavy atom. The Hall–Kier alpha value is -1.77. The minimum Gasteiger partial charge on any atom is -0.507 e. The number of rotatable bonds is 0. The molecule has 0 amide bonds. The maximum absolute atomic E-state index is 11.4. The summed E-state index contributed by atoms with van der Waals surface area (Å²) in [5, 5.41) is 10.5. The molecule has 0 aliphatic carbocycles. The van der Waals surface area contributed by atoms with Crippen molar-refractivity contribution < 1.29 is 9.52 Å².